The Kier molecular flexibility index (Phi) is 2.32. The Morgan fingerprint density at radius 1 is 1.29 bits per heavy atom. The van der Waals surface area contributed by atoms with Crippen LogP contribution in [0.15, 0.2) is 12.1 Å². The van der Waals surface area contributed by atoms with E-state index >= 15 is 0 Å². The minimum atomic E-state index is -0.790. The van der Waals surface area contributed by atoms with Gasteiger partial charge in [0.05, 0.1) is 5.60 Å². The lowest BCUT2D eigenvalue weighted by atomic mass is 9.95. The zero-order valence-corrected chi connectivity index (χ0v) is 9.36. The number of hydrogen-bond donors (Lipinski definition) is 1. The zero-order valence-electron chi connectivity index (χ0n) is 8.60. The van der Waals surface area contributed by atoms with Gasteiger partial charge >= 0.3 is 0 Å². The van der Waals surface area contributed by atoms with Gasteiger partial charge in [-0.2, -0.15) is 0 Å². The third kappa shape index (κ3) is 1.67. The largest absolute Gasteiger partial charge is 0.386 e. The molecule has 0 amide bonds. The molecule has 1 nitrogen and oxygen atoms in total. The second kappa shape index (κ2) is 3.25. The Balaban J connectivity index is 2.52. The van der Waals surface area contributed by atoms with Crippen molar-refractivity contribution in [1.82, 2.24) is 0 Å². The van der Waals surface area contributed by atoms with Crippen molar-refractivity contribution in [3.05, 3.63) is 33.8 Å². The highest BCUT2D eigenvalue weighted by Gasteiger charge is 2.21. The Bertz CT molecular complexity index is 363. The fourth-order valence-electron chi connectivity index (χ4n) is 2.01. The molecule has 0 unspecified atom stereocenters. The van der Waals surface area contributed by atoms with Crippen LogP contribution in [0.2, 0.25) is 5.02 Å². The molecule has 1 aliphatic rings. The second-order valence-electron chi connectivity index (χ2n) is 4.51. The summed E-state index contributed by atoms with van der Waals surface area (Å²) in [5.74, 6) is 0. The van der Waals surface area contributed by atoms with Gasteiger partial charge in [-0.25, -0.2) is 0 Å². The Hall–Kier alpha value is -0.530. The van der Waals surface area contributed by atoms with Gasteiger partial charge in [0.25, 0.3) is 0 Å². The molecule has 1 N–H and O–H groups in total. The summed E-state index contributed by atoms with van der Waals surface area (Å²) < 4.78 is 0. The number of aryl methyl sites for hydroxylation is 1. The van der Waals surface area contributed by atoms with Crippen molar-refractivity contribution in [3.8, 4) is 0 Å². The third-order valence-electron chi connectivity index (χ3n) is 2.87. The standard InChI is InChI=1S/C12H15ClO/c1-12(2,14)9-6-8-4-3-5-10(8)11(13)7-9/h6-7,14H,3-5H2,1-2H3. The lowest BCUT2D eigenvalue weighted by molar-refractivity contribution is 0.0785. The molecule has 76 valence electrons. The molecule has 1 aromatic rings. The molecule has 14 heavy (non-hydrogen) atoms. The van der Waals surface area contributed by atoms with Gasteiger partial charge < -0.3 is 5.11 Å². The monoisotopic (exact) mass is 210 g/mol. The predicted molar refractivity (Wildman–Crippen MR) is 58.7 cm³/mol. The molecule has 0 heterocycles. The zero-order chi connectivity index (χ0) is 10.3. The summed E-state index contributed by atoms with van der Waals surface area (Å²) in [6.07, 6.45) is 3.36. The van der Waals surface area contributed by atoms with Crippen LogP contribution in [0, 0.1) is 0 Å². The van der Waals surface area contributed by atoms with E-state index in [-0.39, 0.29) is 0 Å². The van der Waals surface area contributed by atoms with Crippen LogP contribution in [0.4, 0.5) is 0 Å². The first-order valence-electron chi connectivity index (χ1n) is 5.02. The Morgan fingerprint density at radius 3 is 2.64 bits per heavy atom. The van der Waals surface area contributed by atoms with Crippen molar-refractivity contribution in [2.24, 2.45) is 0 Å². The van der Waals surface area contributed by atoms with Crippen LogP contribution in [-0.2, 0) is 18.4 Å². The van der Waals surface area contributed by atoms with Gasteiger partial charge in [-0.15, -0.1) is 0 Å². The van der Waals surface area contributed by atoms with E-state index in [1.54, 1.807) is 13.8 Å². The molecule has 1 aliphatic carbocycles. The third-order valence-corrected chi connectivity index (χ3v) is 3.20. The highest BCUT2D eigenvalue weighted by molar-refractivity contribution is 6.31. The molecule has 0 saturated heterocycles. The smallest absolute Gasteiger partial charge is 0.0841 e. The number of aliphatic hydroxyl groups is 1. The van der Waals surface area contributed by atoms with E-state index in [1.165, 1.54) is 17.5 Å². The van der Waals surface area contributed by atoms with E-state index in [0.717, 1.165) is 23.4 Å². The maximum Gasteiger partial charge on any atom is 0.0841 e. The number of rotatable bonds is 1. The molecule has 0 atom stereocenters. The van der Waals surface area contributed by atoms with E-state index in [0.29, 0.717) is 0 Å². The number of fused-ring (bicyclic) bond motifs is 1. The summed E-state index contributed by atoms with van der Waals surface area (Å²) in [6, 6.07) is 3.99. The van der Waals surface area contributed by atoms with Crippen molar-refractivity contribution in [3.63, 3.8) is 0 Å². The predicted octanol–water partition coefficient (Wildman–Crippen LogP) is 3.06. The quantitative estimate of drug-likeness (QED) is 0.756. The molecular weight excluding hydrogens is 196 g/mol. The average molecular weight is 211 g/mol. The van der Waals surface area contributed by atoms with Crippen molar-refractivity contribution >= 4 is 11.6 Å². The number of hydrogen-bond acceptors (Lipinski definition) is 1. The summed E-state index contributed by atoms with van der Waals surface area (Å²) >= 11 is 6.17. The lowest BCUT2D eigenvalue weighted by Gasteiger charge is -2.19. The summed E-state index contributed by atoms with van der Waals surface area (Å²) in [6.45, 7) is 3.58. The van der Waals surface area contributed by atoms with E-state index in [2.05, 4.69) is 6.07 Å². The second-order valence-corrected chi connectivity index (χ2v) is 4.92. The molecule has 0 aromatic heterocycles. The Morgan fingerprint density at radius 2 is 2.00 bits per heavy atom. The van der Waals surface area contributed by atoms with Gasteiger partial charge in [-0.1, -0.05) is 17.7 Å². The minimum Gasteiger partial charge on any atom is -0.386 e. The van der Waals surface area contributed by atoms with Crippen LogP contribution in [0.5, 0.6) is 0 Å². The molecule has 1 aromatic carbocycles. The van der Waals surface area contributed by atoms with E-state index < -0.39 is 5.60 Å². The highest BCUT2D eigenvalue weighted by Crippen LogP contribution is 2.33. The first-order valence-corrected chi connectivity index (χ1v) is 5.40. The van der Waals surface area contributed by atoms with Crippen LogP contribution in [-0.4, -0.2) is 5.11 Å². The molecule has 0 spiro atoms. The van der Waals surface area contributed by atoms with Gasteiger partial charge in [-0.05, 0) is 55.9 Å². The van der Waals surface area contributed by atoms with E-state index in [1.807, 2.05) is 6.07 Å². The summed E-state index contributed by atoms with van der Waals surface area (Å²) in [5, 5.41) is 10.7. The Labute approximate surface area is 89.7 Å². The average Bonchev–Trinajstić information content (AvgIpc) is 2.50. The first kappa shape index (κ1) is 10.0. The molecule has 0 fully saturated rings. The van der Waals surface area contributed by atoms with Crippen LogP contribution in [0.1, 0.15) is 37.0 Å². The van der Waals surface area contributed by atoms with Gasteiger partial charge in [0.1, 0.15) is 0 Å². The summed E-state index contributed by atoms with van der Waals surface area (Å²) in [5.41, 5.74) is 2.72. The molecule has 2 rings (SSSR count). The summed E-state index contributed by atoms with van der Waals surface area (Å²) in [7, 11) is 0. The minimum absolute atomic E-state index is 0.790. The number of benzene rings is 1. The topological polar surface area (TPSA) is 20.2 Å². The SMILES string of the molecule is CC(C)(O)c1cc(Cl)c2c(c1)CCC2. The molecule has 0 radical (unpaired) electrons. The van der Waals surface area contributed by atoms with Gasteiger partial charge in [-0.3, -0.25) is 0 Å². The highest BCUT2D eigenvalue weighted by atomic mass is 35.5. The van der Waals surface area contributed by atoms with E-state index in [9.17, 15) is 5.11 Å². The van der Waals surface area contributed by atoms with E-state index in [4.69, 9.17) is 11.6 Å². The molecule has 2 heteroatoms. The fraction of sp³-hybridized carbons (Fsp3) is 0.500. The maximum atomic E-state index is 9.89. The van der Waals surface area contributed by atoms with Gasteiger partial charge in [0.2, 0.25) is 0 Å². The van der Waals surface area contributed by atoms with Crippen LogP contribution < -0.4 is 0 Å². The van der Waals surface area contributed by atoms with Crippen molar-refractivity contribution < 1.29 is 5.11 Å². The lowest BCUT2D eigenvalue weighted by Crippen LogP contribution is -2.15. The van der Waals surface area contributed by atoms with Crippen molar-refractivity contribution in [1.29, 1.82) is 0 Å². The molecule has 0 bridgehead atoms. The first-order chi connectivity index (χ1) is 6.48. The maximum absolute atomic E-state index is 9.89. The molecule has 0 aliphatic heterocycles. The molecule has 0 saturated carbocycles. The van der Waals surface area contributed by atoms with Crippen molar-refractivity contribution in [2.75, 3.05) is 0 Å². The normalized spacial score (nSPS) is 15.7. The fourth-order valence-corrected chi connectivity index (χ4v) is 2.34. The molecular formula is C12H15ClO. The van der Waals surface area contributed by atoms with Crippen LogP contribution in [0.25, 0.3) is 0 Å². The van der Waals surface area contributed by atoms with Gasteiger partial charge in [0, 0.05) is 5.02 Å². The van der Waals surface area contributed by atoms with Crippen molar-refractivity contribution in [2.45, 2.75) is 38.7 Å². The summed E-state index contributed by atoms with van der Waals surface area (Å²) in [4.78, 5) is 0. The van der Waals surface area contributed by atoms with Gasteiger partial charge in [0.15, 0.2) is 0 Å². The number of halogens is 1. The van der Waals surface area contributed by atoms with Crippen LogP contribution >= 0.6 is 11.6 Å². The van der Waals surface area contributed by atoms with Crippen LogP contribution in [0.3, 0.4) is 0 Å².